The molecule has 0 radical (unpaired) electrons. The molecule has 4 heteroatoms. The van der Waals surface area contributed by atoms with E-state index < -0.39 is 6.10 Å². The van der Waals surface area contributed by atoms with Crippen LogP contribution >= 0.6 is 11.6 Å². The van der Waals surface area contributed by atoms with E-state index in [1.807, 2.05) is 30.3 Å². The summed E-state index contributed by atoms with van der Waals surface area (Å²) in [6.45, 7) is 0. The maximum Gasteiger partial charge on any atom is 0.266 e. The molecule has 21 heavy (non-hydrogen) atoms. The highest BCUT2D eigenvalue weighted by Gasteiger charge is 2.29. The van der Waals surface area contributed by atoms with Crippen molar-refractivity contribution in [1.82, 2.24) is 5.32 Å². The van der Waals surface area contributed by atoms with Crippen molar-refractivity contribution in [1.29, 1.82) is 0 Å². The smallest absolute Gasteiger partial charge is 0.266 e. The Hall–Kier alpha value is -2.00. The Balaban J connectivity index is 1.82. The Kier molecular flexibility index (Phi) is 4.11. The fourth-order valence-corrected chi connectivity index (χ4v) is 2.26. The van der Waals surface area contributed by atoms with Gasteiger partial charge in [0.1, 0.15) is 5.75 Å². The second kappa shape index (κ2) is 6.19. The van der Waals surface area contributed by atoms with Crippen molar-refractivity contribution in [2.45, 2.75) is 25.0 Å². The topological polar surface area (TPSA) is 38.3 Å². The highest BCUT2D eigenvalue weighted by Crippen LogP contribution is 2.26. The standard InChI is InChI=1S/C17H16ClNO2/c18-13-7-4-8-15(11-13)21-16(12-5-2-1-3-6-12)17(20)19-14-9-10-14/h1-8,11,14,16H,9-10H2,(H,19,20)/t16-/m0/s1. The SMILES string of the molecule is O=C(NC1CC1)[C@@H](Oc1cccc(Cl)c1)c1ccccc1. The number of benzene rings is 2. The molecule has 3 nitrogen and oxygen atoms in total. The van der Waals surface area contributed by atoms with Gasteiger partial charge in [-0.3, -0.25) is 4.79 Å². The molecular formula is C17H16ClNO2. The lowest BCUT2D eigenvalue weighted by Gasteiger charge is -2.19. The maximum atomic E-state index is 12.4. The molecule has 3 rings (SSSR count). The van der Waals surface area contributed by atoms with Gasteiger partial charge in [-0.05, 0) is 31.0 Å². The zero-order valence-electron chi connectivity index (χ0n) is 11.5. The van der Waals surface area contributed by atoms with Gasteiger partial charge in [0.25, 0.3) is 5.91 Å². The van der Waals surface area contributed by atoms with E-state index in [1.54, 1.807) is 24.3 Å². The lowest BCUT2D eigenvalue weighted by Crippen LogP contribution is -2.33. The zero-order chi connectivity index (χ0) is 14.7. The van der Waals surface area contributed by atoms with Crippen LogP contribution in [0.5, 0.6) is 5.75 Å². The first-order chi connectivity index (χ1) is 10.2. The molecule has 0 aromatic heterocycles. The Morgan fingerprint density at radius 1 is 1.14 bits per heavy atom. The number of hydrogen-bond acceptors (Lipinski definition) is 2. The van der Waals surface area contributed by atoms with Crippen LogP contribution in [0.3, 0.4) is 0 Å². The van der Waals surface area contributed by atoms with E-state index in [-0.39, 0.29) is 5.91 Å². The van der Waals surface area contributed by atoms with Crippen LogP contribution in [0, 0.1) is 0 Å². The van der Waals surface area contributed by atoms with E-state index in [4.69, 9.17) is 16.3 Å². The summed E-state index contributed by atoms with van der Waals surface area (Å²) in [7, 11) is 0. The number of amides is 1. The van der Waals surface area contributed by atoms with Crippen LogP contribution in [0.4, 0.5) is 0 Å². The minimum Gasteiger partial charge on any atom is -0.476 e. The summed E-state index contributed by atoms with van der Waals surface area (Å²) < 4.78 is 5.88. The summed E-state index contributed by atoms with van der Waals surface area (Å²) >= 11 is 5.97. The second-order valence-electron chi connectivity index (χ2n) is 5.15. The summed E-state index contributed by atoms with van der Waals surface area (Å²) in [5.41, 5.74) is 0.829. The van der Waals surface area contributed by atoms with Crippen molar-refractivity contribution in [2.75, 3.05) is 0 Å². The van der Waals surface area contributed by atoms with Crippen LogP contribution in [-0.2, 0) is 4.79 Å². The first-order valence-corrected chi connectivity index (χ1v) is 7.38. The molecule has 1 atom stereocenters. The summed E-state index contributed by atoms with van der Waals surface area (Å²) in [5.74, 6) is 0.478. The molecule has 1 saturated carbocycles. The van der Waals surface area contributed by atoms with Crippen molar-refractivity contribution in [3.05, 3.63) is 65.2 Å². The Morgan fingerprint density at radius 3 is 2.57 bits per heavy atom. The Morgan fingerprint density at radius 2 is 1.90 bits per heavy atom. The van der Waals surface area contributed by atoms with Gasteiger partial charge in [0.15, 0.2) is 0 Å². The molecule has 2 aromatic rings. The summed E-state index contributed by atoms with van der Waals surface area (Å²) in [4.78, 5) is 12.4. The minimum absolute atomic E-state index is 0.108. The molecule has 1 fully saturated rings. The first-order valence-electron chi connectivity index (χ1n) is 7.00. The van der Waals surface area contributed by atoms with Gasteiger partial charge in [-0.25, -0.2) is 0 Å². The molecule has 0 saturated heterocycles. The van der Waals surface area contributed by atoms with Gasteiger partial charge in [-0.2, -0.15) is 0 Å². The van der Waals surface area contributed by atoms with Crippen molar-refractivity contribution in [2.24, 2.45) is 0 Å². The molecule has 0 spiro atoms. The summed E-state index contributed by atoms with van der Waals surface area (Å²) in [5, 5.41) is 3.58. The largest absolute Gasteiger partial charge is 0.476 e. The predicted molar refractivity (Wildman–Crippen MR) is 82.4 cm³/mol. The van der Waals surface area contributed by atoms with Crippen molar-refractivity contribution >= 4 is 17.5 Å². The molecule has 0 unspecified atom stereocenters. The number of carbonyl (C=O) groups excluding carboxylic acids is 1. The van der Waals surface area contributed by atoms with Crippen molar-refractivity contribution in [3.63, 3.8) is 0 Å². The molecule has 108 valence electrons. The highest BCUT2D eigenvalue weighted by molar-refractivity contribution is 6.30. The van der Waals surface area contributed by atoms with Crippen LogP contribution in [0.1, 0.15) is 24.5 Å². The number of rotatable bonds is 5. The molecule has 1 N–H and O–H groups in total. The van der Waals surface area contributed by atoms with Crippen molar-refractivity contribution in [3.8, 4) is 5.75 Å². The first kappa shape index (κ1) is 14.0. The molecule has 1 amide bonds. The molecule has 1 aliphatic rings. The Labute approximate surface area is 128 Å². The van der Waals surface area contributed by atoms with Crippen LogP contribution in [-0.4, -0.2) is 11.9 Å². The van der Waals surface area contributed by atoms with Gasteiger partial charge >= 0.3 is 0 Å². The number of halogens is 1. The lowest BCUT2D eigenvalue weighted by molar-refractivity contribution is -0.128. The van der Waals surface area contributed by atoms with E-state index >= 15 is 0 Å². The Bertz CT molecular complexity index is 626. The number of carbonyl (C=O) groups is 1. The molecule has 2 aromatic carbocycles. The van der Waals surface area contributed by atoms with Crippen LogP contribution < -0.4 is 10.1 Å². The van der Waals surface area contributed by atoms with Crippen LogP contribution in [0.2, 0.25) is 5.02 Å². The number of nitrogens with one attached hydrogen (secondary N) is 1. The van der Waals surface area contributed by atoms with Crippen molar-refractivity contribution < 1.29 is 9.53 Å². The zero-order valence-corrected chi connectivity index (χ0v) is 12.2. The van der Waals surface area contributed by atoms with E-state index in [2.05, 4.69) is 5.32 Å². The number of ether oxygens (including phenoxy) is 1. The average molecular weight is 302 g/mol. The van der Waals surface area contributed by atoms with Crippen LogP contribution in [0.25, 0.3) is 0 Å². The van der Waals surface area contributed by atoms with Gasteiger partial charge in [0.2, 0.25) is 6.10 Å². The fraction of sp³-hybridized carbons (Fsp3) is 0.235. The second-order valence-corrected chi connectivity index (χ2v) is 5.59. The predicted octanol–water partition coefficient (Wildman–Crippen LogP) is 3.74. The lowest BCUT2D eigenvalue weighted by atomic mass is 10.1. The number of hydrogen-bond donors (Lipinski definition) is 1. The van der Waals surface area contributed by atoms with Gasteiger partial charge in [-0.15, -0.1) is 0 Å². The third-order valence-corrected chi connectivity index (χ3v) is 3.55. The van der Waals surface area contributed by atoms with E-state index in [0.717, 1.165) is 18.4 Å². The molecular weight excluding hydrogens is 286 g/mol. The van der Waals surface area contributed by atoms with E-state index in [0.29, 0.717) is 16.8 Å². The van der Waals surface area contributed by atoms with Gasteiger partial charge < -0.3 is 10.1 Å². The quantitative estimate of drug-likeness (QED) is 0.913. The van der Waals surface area contributed by atoms with E-state index in [1.165, 1.54) is 0 Å². The summed E-state index contributed by atoms with van der Waals surface area (Å²) in [6.07, 6.45) is 1.43. The maximum absolute atomic E-state index is 12.4. The van der Waals surface area contributed by atoms with Gasteiger partial charge in [0, 0.05) is 16.6 Å². The highest BCUT2D eigenvalue weighted by atomic mass is 35.5. The van der Waals surface area contributed by atoms with Crippen LogP contribution in [0.15, 0.2) is 54.6 Å². The van der Waals surface area contributed by atoms with Gasteiger partial charge in [0.05, 0.1) is 0 Å². The third kappa shape index (κ3) is 3.76. The molecule has 1 aliphatic carbocycles. The third-order valence-electron chi connectivity index (χ3n) is 3.31. The normalized spacial score (nSPS) is 15.3. The molecule has 0 aliphatic heterocycles. The molecule has 0 heterocycles. The average Bonchev–Trinajstić information content (AvgIpc) is 3.29. The van der Waals surface area contributed by atoms with E-state index in [9.17, 15) is 4.79 Å². The minimum atomic E-state index is -0.662. The monoisotopic (exact) mass is 301 g/mol. The summed E-state index contributed by atoms with van der Waals surface area (Å²) in [6, 6.07) is 16.9. The van der Waals surface area contributed by atoms with Gasteiger partial charge in [-0.1, -0.05) is 48.0 Å². The fourth-order valence-electron chi connectivity index (χ4n) is 2.08. The molecule has 0 bridgehead atoms.